The molecular weight excluding hydrogens is 204 g/mol. The lowest BCUT2D eigenvalue weighted by molar-refractivity contribution is -0.131. The quantitative estimate of drug-likeness (QED) is 0.797. The van der Waals surface area contributed by atoms with E-state index in [0.717, 1.165) is 16.7 Å². The first-order valence-corrected chi connectivity index (χ1v) is 5.02. The molecule has 16 heavy (non-hydrogen) atoms. The van der Waals surface area contributed by atoms with Gasteiger partial charge in [-0.2, -0.15) is 0 Å². The van der Waals surface area contributed by atoms with Crippen LogP contribution in [0.5, 0.6) is 5.75 Å². The molecule has 0 fully saturated rings. The zero-order valence-electron chi connectivity index (χ0n) is 10.00. The van der Waals surface area contributed by atoms with Gasteiger partial charge in [-0.05, 0) is 49.6 Å². The van der Waals surface area contributed by atoms with Gasteiger partial charge in [0.15, 0.2) is 0 Å². The van der Waals surface area contributed by atoms with Gasteiger partial charge in [0, 0.05) is 11.6 Å². The topological polar surface area (TPSA) is 46.5 Å². The Morgan fingerprint density at radius 3 is 2.38 bits per heavy atom. The second-order valence-electron chi connectivity index (χ2n) is 3.80. The van der Waals surface area contributed by atoms with Crippen LogP contribution in [0.2, 0.25) is 0 Å². The van der Waals surface area contributed by atoms with Gasteiger partial charge in [0.05, 0.1) is 7.11 Å². The Hall–Kier alpha value is -1.77. The predicted octanol–water partition coefficient (Wildman–Crippen LogP) is 2.80. The summed E-state index contributed by atoms with van der Waals surface area (Å²) in [6.45, 7) is 5.75. The summed E-state index contributed by atoms with van der Waals surface area (Å²) in [6.07, 6.45) is 1.19. The minimum absolute atomic E-state index is 0.687. The number of hydrogen-bond donors (Lipinski definition) is 1. The molecule has 0 aliphatic heterocycles. The first-order valence-electron chi connectivity index (χ1n) is 5.02. The number of benzene rings is 1. The normalized spacial score (nSPS) is 11.4. The van der Waals surface area contributed by atoms with Crippen LogP contribution in [0.25, 0.3) is 5.57 Å². The molecule has 0 radical (unpaired) electrons. The number of carbonyl (C=O) groups is 1. The van der Waals surface area contributed by atoms with Crippen LogP contribution < -0.4 is 4.74 Å². The largest absolute Gasteiger partial charge is 0.496 e. The lowest BCUT2D eigenvalue weighted by Gasteiger charge is -2.11. The van der Waals surface area contributed by atoms with Crippen molar-refractivity contribution in [2.24, 2.45) is 0 Å². The minimum atomic E-state index is -0.946. The van der Waals surface area contributed by atoms with Gasteiger partial charge in [-0.3, -0.25) is 0 Å². The fourth-order valence-corrected chi connectivity index (χ4v) is 1.53. The van der Waals surface area contributed by atoms with Crippen LogP contribution in [0.1, 0.15) is 23.6 Å². The molecule has 1 rings (SSSR count). The predicted molar refractivity (Wildman–Crippen MR) is 63.8 cm³/mol. The van der Waals surface area contributed by atoms with Crippen molar-refractivity contribution < 1.29 is 14.6 Å². The van der Waals surface area contributed by atoms with Crippen molar-refractivity contribution in [2.75, 3.05) is 7.11 Å². The highest BCUT2D eigenvalue weighted by Crippen LogP contribution is 2.28. The highest BCUT2D eigenvalue weighted by atomic mass is 16.5. The third kappa shape index (κ3) is 2.63. The van der Waals surface area contributed by atoms with E-state index in [1.165, 1.54) is 6.08 Å². The van der Waals surface area contributed by atoms with Crippen LogP contribution in [-0.4, -0.2) is 18.2 Å². The summed E-state index contributed by atoms with van der Waals surface area (Å²) in [6, 6.07) is 3.87. The van der Waals surface area contributed by atoms with Crippen LogP contribution in [0.4, 0.5) is 0 Å². The van der Waals surface area contributed by atoms with E-state index in [1.54, 1.807) is 14.0 Å². The lowest BCUT2D eigenvalue weighted by atomic mass is 10.00. The summed E-state index contributed by atoms with van der Waals surface area (Å²) < 4.78 is 5.25. The molecule has 1 aromatic carbocycles. The molecule has 0 saturated carbocycles. The van der Waals surface area contributed by atoms with Gasteiger partial charge in [-0.25, -0.2) is 4.79 Å². The van der Waals surface area contributed by atoms with Gasteiger partial charge in [0.25, 0.3) is 0 Å². The summed E-state index contributed by atoms with van der Waals surface area (Å²) >= 11 is 0. The number of hydrogen-bond acceptors (Lipinski definition) is 2. The maximum Gasteiger partial charge on any atom is 0.328 e. The van der Waals surface area contributed by atoms with Gasteiger partial charge in [-0.15, -0.1) is 0 Å². The summed E-state index contributed by atoms with van der Waals surface area (Å²) in [7, 11) is 1.58. The van der Waals surface area contributed by atoms with Crippen molar-refractivity contribution in [3.05, 3.63) is 34.9 Å². The number of carboxylic acid groups (broad SMARTS) is 1. The molecule has 0 aromatic heterocycles. The zero-order chi connectivity index (χ0) is 12.3. The van der Waals surface area contributed by atoms with Crippen molar-refractivity contribution in [1.29, 1.82) is 0 Å². The summed E-state index contributed by atoms with van der Waals surface area (Å²) in [5.74, 6) is -0.240. The van der Waals surface area contributed by atoms with Crippen molar-refractivity contribution in [2.45, 2.75) is 20.8 Å². The second-order valence-corrected chi connectivity index (χ2v) is 3.80. The van der Waals surface area contributed by atoms with Gasteiger partial charge in [0.2, 0.25) is 0 Å². The summed E-state index contributed by atoms with van der Waals surface area (Å²) in [5, 5.41) is 8.72. The van der Waals surface area contributed by atoms with Crippen LogP contribution >= 0.6 is 0 Å². The number of methoxy groups -OCH3 is 1. The molecule has 3 heteroatoms. The summed E-state index contributed by atoms with van der Waals surface area (Å²) in [4.78, 5) is 10.6. The molecule has 1 aromatic rings. The SMILES string of the molecule is COc1cc(C)c(C)cc1/C(C)=C/C(=O)O. The van der Waals surface area contributed by atoms with Gasteiger partial charge < -0.3 is 9.84 Å². The van der Waals surface area contributed by atoms with Crippen molar-refractivity contribution >= 4 is 11.5 Å². The van der Waals surface area contributed by atoms with Crippen molar-refractivity contribution in [3.8, 4) is 5.75 Å². The van der Waals surface area contributed by atoms with Crippen LogP contribution in [0.15, 0.2) is 18.2 Å². The molecule has 0 aliphatic rings. The monoisotopic (exact) mass is 220 g/mol. The van der Waals surface area contributed by atoms with Gasteiger partial charge in [-0.1, -0.05) is 0 Å². The van der Waals surface area contributed by atoms with Crippen molar-refractivity contribution in [1.82, 2.24) is 0 Å². The average Bonchev–Trinajstić information content (AvgIpc) is 2.20. The Balaban J connectivity index is 3.32. The molecule has 0 heterocycles. The standard InChI is InChI=1S/C13H16O3/c1-8-5-11(10(3)7-13(14)15)12(16-4)6-9(8)2/h5-7H,1-4H3,(H,14,15)/b10-7+. The molecule has 0 spiro atoms. The fourth-order valence-electron chi connectivity index (χ4n) is 1.53. The third-order valence-electron chi connectivity index (χ3n) is 2.58. The number of allylic oxidation sites excluding steroid dienone is 1. The van der Waals surface area contributed by atoms with E-state index in [4.69, 9.17) is 9.84 Å². The van der Waals surface area contributed by atoms with Crippen LogP contribution in [-0.2, 0) is 4.79 Å². The van der Waals surface area contributed by atoms with Crippen LogP contribution in [0.3, 0.4) is 0 Å². The molecular formula is C13H16O3. The maximum absolute atomic E-state index is 10.6. The van der Waals surface area contributed by atoms with E-state index in [2.05, 4.69) is 0 Å². The Morgan fingerprint density at radius 1 is 1.31 bits per heavy atom. The Labute approximate surface area is 95.4 Å². The molecule has 0 unspecified atom stereocenters. The fraction of sp³-hybridized carbons (Fsp3) is 0.308. The zero-order valence-corrected chi connectivity index (χ0v) is 10.00. The maximum atomic E-state index is 10.6. The Morgan fingerprint density at radius 2 is 1.88 bits per heavy atom. The number of aryl methyl sites for hydroxylation is 2. The first kappa shape index (κ1) is 12.3. The van der Waals surface area contributed by atoms with E-state index in [0.29, 0.717) is 11.3 Å². The van der Waals surface area contributed by atoms with Crippen molar-refractivity contribution in [3.63, 3.8) is 0 Å². The molecule has 0 atom stereocenters. The van der Waals surface area contributed by atoms with Gasteiger partial charge >= 0.3 is 5.97 Å². The molecule has 86 valence electrons. The molecule has 0 amide bonds. The van der Waals surface area contributed by atoms with E-state index < -0.39 is 5.97 Å². The summed E-state index contributed by atoms with van der Waals surface area (Å²) in [5.41, 5.74) is 3.76. The first-order chi connectivity index (χ1) is 7.45. The van der Waals surface area contributed by atoms with Crippen LogP contribution in [0, 0.1) is 13.8 Å². The highest BCUT2D eigenvalue weighted by Gasteiger charge is 2.08. The molecule has 3 nitrogen and oxygen atoms in total. The number of carboxylic acids is 1. The highest BCUT2D eigenvalue weighted by molar-refractivity contribution is 5.90. The lowest BCUT2D eigenvalue weighted by Crippen LogP contribution is -1.96. The van der Waals surface area contributed by atoms with Gasteiger partial charge in [0.1, 0.15) is 5.75 Å². The second kappa shape index (κ2) is 4.84. The molecule has 1 N–H and O–H groups in total. The number of rotatable bonds is 3. The van der Waals surface area contributed by atoms with E-state index >= 15 is 0 Å². The third-order valence-corrected chi connectivity index (χ3v) is 2.58. The Kier molecular flexibility index (Phi) is 3.72. The van der Waals surface area contributed by atoms with E-state index in [9.17, 15) is 4.79 Å². The molecule has 0 saturated heterocycles. The van der Waals surface area contributed by atoms with E-state index in [-0.39, 0.29) is 0 Å². The average molecular weight is 220 g/mol. The smallest absolute Gasteiger partial charge is 0.328 e. The molecule has 0 aliphatic carbocycles. The minimum Gasteiger partial charge on any atom is -0.496 e. The van der Waals surface area contributed by atoms with E-state index in [1.807, 2.05) is 26.0 Å². The Bertz CT molecular complexity index is 445. The molecule has 0 bridgehead atoms. The number of aliphatic carboxylic acids is 1. The number of ether oxygens (including phenoxy) is 1.